The van der Waals surface area contributed by atoms with Crippen LogP contribution in [0.3, 0.4) is 0 Å². The second kappa shape index (κ2) is 4.14. The van der Waals surface area contributed by atoms with E-state index in [2.05, 4.69) is 5.16 Å². The van der Waals surface area contributed by atoms with Crippen molar-refractivity contribution < 1.29 is 15.1 Å². The van der Waals surface area contributed by atoms with E-state index in [4.69, 9.17) is 21.9 Å². The monoisotopic (exact) mass is 239 g/mol. The molecule has 4 nitrogen and oxygen atoms in total. The van der Waals surface area contributed by atoms with Crippen LogP contribution in [0.1, 0.15) is 17.5 Å². The van der Waals surface area contributed by atoms with Crippen LogP contribution in [-0.4, -0.2) is 22.0 Å². The van der Waals surface area contributed by atoms with Gasteiger partial charge in [-0.3, -0.25) is 4.79 Å². The van der Waals surface area contributed by atoms with E-state index in [9.17, 15) is 4.79 Å². The maximum atomic E-state index is 11.0. The highest BCUT2D eigenvalue weighted by Gasteiger charge is 2.29. The Bertz CT molecular complexity index is 470. The Labute approximate surface area is 97.2 Å². The number of carboxylic acid groups (broad SMARTS) is 1. The third kappa shape index (κ3) is 1.76. The van der Waals surface area contributed by atoms with Gasteiger partial charge in [0.05, 0.1) is 11.6 Å². The normalized spacial score (nSPS) is 21.8. The molecule has 1 atom stereocenters. The number of nitrogens with zero attached hydrogens (tertiary/aromatic N) is 1. The van der Waals surface area contributed by atoms with Crippen LogP contribution in [0.4, 0.5) is 0 Å². The Balaban J connectivity index is 2.51. The van der Waals surface area contributed by atoms with Gasteiger partial charge in [0.25, 0.3) is 0 Å². The average molecular weight is 240 g/mol. The van der Waals surface area contributed by atoms with Gasteiger partial charge in [0.1, 0.15) is 0 Å². The summed E-state index contributed by atoms with van der Waals surface area (Å²) in [4.78, 5) is 11.0. The first-order chi connectivity index (χ1) is 7.63. The Morgan fingerprint density at radius 3 is 2.81 bits per heavy atom. The Morgan fingerprint density at radius 1 is 1.44 bits per heavy atom. The molecule has 0 fully saturated rings. The summed E-state index contributed by atoms with van der Waals surface area (Å²) in [5.41, 5.74) is 1.87. The molecule has 0 bridgehead atoms. The number of hydrogen-bond acceptors (Lipinski definition) is 3. The fraction of sp³-hybridized carbons (Fsp3) is 0.273. The molecule has 84 valence electrons. The molecule has 0 amide bonds. The molecule has 0 radical (unpaired) electrons. The highest BCUT2D eigenvalue weighted by Crippen LogP contribution is 2.31. The van der Waals surface area contributed by atoms with Crippen LogP contribution in [0.2, 0.25) is 5.02 Å². The zero-order valence-corrected chi connectivity index (χ0v) is 9.11. The molecule has 0 aromatic heterocycles. The molecule has 1 aromatic rings. The Hall–Kier alpha value is -1.55. The van der Waals surface area contributed by atoms with Crippen molar-refractivity contribution in [1.82, 2.24) is 0 Å². The predicted octanol–water partition coefficient (Wildman–Crippen LogP) is 2.17. The molecule has 1 unspecified atom stereocenters. The van der Waals surface area contributed by atoms with Gasteiger partial charge < -0.3 is 10.3 Å². The minimum Gasteiger partial charge on any atom is -0.481 e. The second-order valence-electron chi connectivity index (χ2n) is 3.76. The quantitative estimate of drug-likeness (QED) is 0.583. The summed E-state index contributed by atoms with van der Waals surface area (Å²) < 4.78 is 0. The van der Waals surface area contributed by atoms with Gasteiger partial charge >= 0.3 is 5.97 Å². The average Bonchev–Trinajstić information content (AvgIpc) is 2.28. The van der Waals surface area contributed by atoms with Gasteiger partial charge in [-0.05, 0) is 18.1 Å². The van der Waals surface area contributed by atoms with Crippen molar-refractivity contribution in [2.24, 2.45) is 11.1 Å². The van der Waals surface area contributed by atoms with Crippen LogP contribution in [-0.2, 0) is 11.2 Å². The number of carbonyl (C=O) groups is 1. The molecule has 0 heterocycles. The lowest BCUT2D eigenvalue weighted by molar-refractivity contribution is -0.141. The van der Waals surface area contributed by atoms with Crippen LogP contribution in [0.5, 0.6) is 0 Å². The van der Waals surface area contributed by atoms with Crippen LogP contribution in [0, 0.1) is 5.92 Å². The fourth-order valence-corrected chi connectivity index (χ4v) is 2.22. The van der Waals surface area contributed by atoms with Gasteiger partial charge in [-0.1, -0.05) is 28.9 Å². The topological polar surface area (TPSA) is 69.9 Å². The van der Waals surface area contributed by atoms with Gasteiger partial charge in [0.2, 0.25) is 0 Å². The van der Waals surface area contributed by atoms with E-state index < -0.39 is 11.9 Å². The maximum Gasteiger partial charge on any atom is 0.307 e. The molecular formula is C11H10ClNO3. The summed E-state index contributed by atoms with van der Waals surface area (Å²) in [6, 6.07) is 5.25. The zero-order chi connectivity index (χ0) is 11.7. The summed E-state index contributed by atoms with van der Waals surface area (Å²) in [6.45, 7) is 0. The number of fused-ring (bicyclic) bond motifs is 1. The number of aliphatic carboxylic acids is 1. The molecule has 16 heavy (non-hydrogen) atoms. The van der Waals surface area contributed by atoms with E-state index in [0.717, 1.165) is 11.1 Å². The highest BCUT2D eigenvalue weighted by molar-refractivity contribution is 6.32. The van der Waals surface area contributed by atoms with Crippen molar-refractivity contribution in [3.05, 3.63) is 34.3 Å². The fourth-order valence-electron chi connectivity index (χ4n) is 1.97. The smallest absolute Gasteiger partial charge is 0.307 e. The summed E-state index contributed by atoms with van der Waals surface area (Å²) in [5.74, 6) is -1.47. The molecule has 1 aliphatic rings. The maximum absolute atomic E-state index is 11.0. The minimum atomic E-state index is -0.897. The number of rotatable bonds is 1. The third-order valence-electron chi connectivity index (χ3n) is 2.79. The Kier molecular flexibility index (Phi) is 2.83. The largest absolute Gasteiger partial charge is 0.481 e. The van der Waals surface area contributed by atoms with Crippen LogP contribution in [0.25, 0.3) is 0 Å². The minimum absolute atomic E-state index is 0.235. The first-order valence-electron chi connectivity index (χ1n) is 4.85. The summed E-state index contributed by atoms with van der Waals surface area (Å²) in [6.07, 6.45) is 0.614. The van der Waals surface area contributed by atoms with Crippen LogP contribution < -0.4 is 0 Å². The predicted molar refractivity (Wildman–Crippen MR) is 59.2 cm³/mol. The molecule has 0 spiro atoms. The van der Waals surface area contributed by atoms with Crippen molar-refractivity contribution in [2.45, 2.75) is 12.8 Å². The van der Waals surface area contributed by atoms with Gasteiger partial charge in [-0.15, -0.1) is 0 Å². The number of hydrogen-bond donors (Lipinski definition) is 2. The Morgan fingerprint density at radius 2 is 2.19 bits per heavy atom. The molecule has 5 heteroatoms. The molecule has 0 aliphatic heterocycles. The molecule has 1 aromatic carbocycles. The number of carboxylic acids is 1. The lowest BCUT2D eigenvalue weighted by Gasteiger charge is -2.23. The van der Waals surface area contributed by atoms with E-state index in [1.54, 1.807) is 18.2 Å². The molecule has 2 rings (SSSR count). The van der Waals surface area contributed by atoms with Gasteiger partial charge in [0.15, 0.2) is 0 Å². The number of benzene rings is 1. The second-order valence-corrected chi connectivity index (χ2v) is 4.16. The highest BCUT2D eigenvalue weighted by atomic mass is 35.5. The first kappa shape index (κ1) is 11.0. The van der Waals surface area contributed by atoms with Gasteiger partial charge in [-0.25, -0.2) is 0 Å². The van der Waals surface area contributed by atoms with E-state index in [1.165, 1.54) is 0 Å². The summed E-state index contributed by atoms with van der Waals surface area (Å²) in [5, 5.41) is 21.5. The van der Waals surface area contributed by atoms with Gasteiger partial charge in [0, 0.05) is 17.0 Å². The molecule has 0 saturated carbocycles. The van der Waals surface area contributed by atoms with Crippen LogP contribution in [0.15, 0.2) is 23.4 Å². The van der Waals surface area contributed by atoms with Crippen molar-refractivity contribution in [3.63, 3.8) is 0 Å². The molecule has 2 N–H and O–H groups in total. The molecule has 1 aliphatic carbocycles. The molecular weight excluding hydrogens is 230 g/mol. The van der Waals surface area contributed by atoms with Gasteiger partial charge in [-0.2, -0.15) is 0 Å². The van der Waals surface area contributed by atoms with Crippen molar-refractivity contribution in [1.29, 1.82) is 0 Å². The van der Waals surface area contributed by atoms with Crippen molar-refractivity contribution in [2.75, 3.05) is 0 Å². The van der Waals surface area contributed by atoms with E-state index >= 15 is 0 Å². The summed E-state index contributed by atoms with van der Waals surface area (Å²) >= 11 is 6.00. The summed E-state index contributed by atoms with van der Waals surface area (Å²) in [7, 11) is 0. The lowest BCUT2D eigenvalue weighted by Crippen LogP contribution is -2.27. The lowest BCUT2D eigenvalue weighted by atomic mass is 9.82. The van der Waals surface area contributed by atoms with Crippen LogP contribution >= 0.6 is 11.6 Å². The SMILES string of the molecule is O=C(O)C1C/C(=N/O)c2cccc(Cl)c2C1. The molecule has 0 saturated heterocycles. The number of halogens is 1. The van der Waals surface area contributed by atoms with Crippen molar-refractivity contribution in [3.8, 4) is 0 Å². The van der Waals surface area contributed by atoms with E-state index in [-0.39, 0.29) is 6.42 Å². The number of oxime groups is 1. The third-order valence-corrected chi connectivity index (χ3v) is 3.14. The van der Waals surface area contributed by atoms with E-state index in [0.29, 0.717) is 17.2 Å². The van der Waals surface area contributed by atoms with Crippen molar-refractivity contribution >= 4 is 23.3 Å². The standard InChI is InChI=1S/C11H10ClNO3/c12-9-3-1-2-7-8(9)4-6(11(14)15)5-10(7)13-16/h1-3,6,16H,4-5H2,(H,14,15)/b13-10-. The first-order valence-corrected chi connectivity index (χ1v) is 5.22. The van der Waals surface area contributed by atoms with E-state index in [1.807, 2.05) is 0 Å². The zero-order valence-electron chi connectivity index (χ0n) is 8.35.